The van der Waals surface area contributed by atoms with Crippen molar-refractivity contribution in [3.05, 3.63) is 53.1 Å². The molecular weight excluding hydrogens is 396 g/mol. The quantitative estimate of drug-likeness (QED) is 0.321. The SMILES string of the molecule is CC(C)c1cccc(C(C)C)c1OC(=O)OCC[C@](C)(C(N)=O)c1ccc(O)cc1N. The van der Waals surface area contributed by atoms with E-state index in [1.807, 2.05) is 45.9 Å². The zero-order valence-corrected chi connectivity index (χ0v) is 18.8. The van der Waals surface area contributed by atoms with E-state index < -0.39 is 17.5 Å². The Balaban J connectivity index is 2.15. The number of primary amides is 1. The van der Waals surface area contributed by atoms with Crippen molar-refractivity contribution < 1.29 is 24.2 Å². The molecule has 31 heavy (non-hydrogen) atoms. The fraction of sp³-hybridized carbons (Fsp3) is 0.417. The lowest BCUT2D eigenvalue weighted by atomic mass is 9.78. The number of phenolic OH excluding ortho intramolecular Hbond substituents is 1. The number of ether oxygens (including phenoxy) is 2. The number of rotatable bonds is 8. The Bertz CT molecular complexity index is 929. The monoisotopic (exact) mass is 428 g/mol. The zero-order chi connectivity index (χ0) is 23.3. The summed E-state index contributed by atoms with van der Waals surface area (Å²) in [5.74, 6) is 0.207. The van der Waals surface area contributed by atoms with Gasteiger partial charge < -0.3 is 26.0 Å². The van der Waals surface area contributed by atoms with Crippen molar-refractivity contribution >= 4 is 17.7 Å². The van der Waals surface area contributed by atoms with Gasteiger partial charge >= 0.3 is 6.16 Å². The topological polar surface area (TPSA) is 125 Å². The smallest absolute Gasteiger partial charge is 0.508 e. The Morgan fingerprint density at radius 2 is 1.65 bits per heavy atom. The van der Waals surface area contributed by atoms with Gasteiger partial charge in [0.05, 0.1) is 12.0 Å². The van der Waals surface area contributed by atoms with Gasteiger partial charge in [-0.05, 0) is 47.9 Å². The first-order chi connectivity index (χ1) is 14.5. The van der Waals surface area contributed by atoms with Crippen molar-refractivity contribution in [2.75, 3.05) is 12.3 Å². The normalized spacial score (nSPS) is 13.1. The molecule has 2 aromatic carbocycles. The minimum Gasteiger partial charge on any atom is -0.508 e. The van der Waals surface area contributed by atoms with Gasteiger partial charge in [0, 0.05) is 11.8 Å². The maximum absolute atomic E-state index is 12.4. The van der Waals surface area contributed by atoms with E-state index in [-0.39, 0.29) is 36.3 Å². The number of amides is 1. The fourth-order valence-corrected chi connectivity index (χ4v) is 3.50. The van der Waals surface area contributed by atoms with Crippen LogP contribution < -0.4 is 16.2 Å². The number of carbonyl (C=O) groups excluding carboxylic acids is 2. The van der Waals surface area contributed by atoms with E-state index in [9.17, 15) is 14.7 Å². The summed E-state index contributed by atoms with van der Waals surface area (Å²) in [4.78, 5) is 24.6. The van der Waals surface area contributed by atoms with Gasteiger partial charge in [-0.15, -0.1) is 0 Å². The molecule has 2 rings (SSSR count). The van der Waals surface area contributed by atoms with Gasteiger partial charge in [-0.2, -0.15) is 0 Å². The lowest BCUT2D eigenvalue weighted by Crippen LogP contribution is -2.40. The van der Waals surface area contributed by atoms with Crippen LogP contribution in [0.2, 0.25) is 0 Å². The summed E-state index contributed by atoms with van der Waals surface area (Å²) in [5, 5.41) is 9.57. The van der Waals surface area contributed by atoms with Crippen LogP contribution in [0.25, 0.3) is 0 Å². The van der Waals surface area contributed by atoms with Crippen LogP contribution in [-0.2, 0) is 14.9 Å². The van der Waals surface area contributed by atoms with Crippen LogP contribution in [0, 0.1) is 0 Å². The van der Waals surface area contributed by atoms with Gasteiger partial charge in [0.15, 0.2) is 0 Å². The summed E-state index contributed by atoms with van der Waals surface area (Å²) in [7, 11) is 0. The summed E-state index contributed by atoms with van der Waals surface area (Å²) in [6.45, 7) is 9.63. The van der Waals surface area contributed by atoms with Gasteiger partial charge in [-0.25, -0.2) is 4.79 Å². The molecular formula is C24H32N2O5. The summed E-state index contributed by atoms with van der Waals surface area (Å²) in [5.41, 5.74) is 12.9. The number of nitrogen functional groups attached to an aromatic ring is 1. The molecule has 5 N–H and O–H groups in total. The fourth-order valence-electron chi connectivity index (χ4n) is 3.50. The molecule has 0 radical (unpaired) electrons. The van der Waals surface area contributed by atoms with Crippen LogP contribution >= 0.6 is 0 Å². The molecule has 7 heteroatoms. The minimum atomic E-state index is -1.18. The largest absolute Gasteiger partial charge is 0.513 e. The van der Waals surface area contributed by atoms with Crippen molar-refractivity contribution in [1.82, 2.24) is 0 Å². The molecule has 1 atom stereocenters. The maximum atomic E-state index is 12.4. The first-order valence-electron chi connectivity index (χ1n) is 10.3. The average molecular weight is 429 g/mol. The van der Waals surface area contributed by atoms with E-state index in [0.29, 0.717) is 11.3 Å². The van der Waals surface area contributed by atoms with Crippen LogP contribution in [0.15, 0.2) is 36.4 Å². The number of hydrogen-bond donors (Lipinski definition) is 3. The Morgan fingerprint density at radius 3 is 2.13 bits per heavy atom. The molecule has 2 aromatic rings. The van der Waals surface area contributed by atoms with Gasteiger partial charge in [0.2, 0.25) is 5.91 Å². The zero-order valence-electron chi connectivity index (χ0n) is 18.8. The maximum Gasteiger partial charge on any atom is 0.513 e. The average Bonchev–Trinajstić information content (AvgIpc) is 2.67. The second-order valence-electron chi connectivity index (χ2n) is 8.49. The number of aromatic hydroxyl groups is 1. The predicted molar refractivity (Wildman–Crippen MR) is 120 cm³/mol. The van der Waals surface area contributed by atoms with E-state index in [4.69, 9.17) is 20.9 Å². The highest BCUT2D eigenvalue weighted by molar-refractivity contribution is 5.88. The number of hydrogen-bond acceptors (Lipinski definition) is 6. The molecule has 0 aliphatic rings. The molecule has 0 aromatic heterocycles. The highest BCUT2D eigenvalue weighted by Gasteiger charge is 2.35. The van der Waals surface area contributed by atoms with E-state index in [2.05, 4.69) is 0 Å². The van der Waals surface area contributed by atoms with Crippen molar-refractivity contribution in [3.8, 4) is 11.5 Å². The first kappa shape index (κ1) is 24.1. The van der Waals surface area contributed by atoms with Crippen molar-refractivity contribution in [2.24, 2.45) is 5.73 Å². The Hall–Kier alpha value is -3.22. The number of para-hydroxylation sites is 1. The van der Waals surface area contributed by atoms with Crippen molar-refractivity contribution in [1.29, 1.82) is 0 Å². The Morgan fingerprint density at radius 1 is 1.06 bits per heavy atom. The van der Waals surface area contributed by atoms with Crippen LogP contribution in [-0.4, -0.2) is 23.8 Å². The number of carbonyl (C=O) groups is 2. The first-order valence-corrected chi connectivity index (χ1v) is 10.3. The second kappa shape index (κ2) is 9.73. The molecule has 0 heterocycles. The Labute approximate surface area is 183 Å². The van der Waals surface area contributed by atoms with Crippen LogP contribution in [0.5, 0.6) is 11.5 Å². The molecule has 0 aliphatic heterocycles. The third-order valence-corrected chi connectivity index (χ3v) is 5.50. The molecule has 0 aliphatic carbocycles. The Kier molecular flexibility index (Phi) is 7.55. The van der Waals surface area contributed by atoms with Gasteiger partial charge in [-0.3, -0.25) is 4.79 Å². The van der Waals surface area contributed by atoms with Crippen molar-refractivity contribution in [3.63, 3.8) is 0 Å². The van der Waals surface area contributed by atoms with Gasteiger partial charge in [0.1, 0.15) is 11.5 Å². The molecule has 0 fully saturated rings. The van der Waals surface area contributed by atoms with Crippen molar-refractivity contribution in [2.45, 2.75) is 58.3 Å². The van der Waals surface area contributed by atoms with E-state index in [1.165, 1.54) is 12.1 Å². The molecule has 0 bridgehead atoms. The number of phenols is 1. The van der Waals surface area contributed by atoms with Crippen LogP contribution in [0.3, 0.4) is 0 Å². The summed E-state index contributed by atoms with van der Waals surface area (Å²) in [6.07, 6.45) is -0.740. The summed E-state index contributed by atoms with van der Waals surface area (Å²) in [6, 6.07) is 10.1. The number of nitrogens with two attached hydrogens (primary N) is 2. The van der Waals surface area contributed by atoms with Gasteiger partial charge in [-0.1, -0.05) is 52.0 Å². The van der Waals surface area contributed by atoms with E-state index >= 15 is 0 Å². The molecule has 0 unspecified atom stereocenters. The highest BCUT2D eigenvalue weighted by Crippen LogP contribution is 2.36. The predicted octanol–water partition coefficient (Wildman–Crippen LogP) is 4.57. The minimum absolute atomic E-state index is 0.0160. The molecule has 7 nitrogen and oxygen atoms in total. The summed E-state index contributed by atoms with van der Waals surface area (Å²) < 4.78 is 10.9. The third-order valence-electron chi connectivity index (χ3n) is 5.50. The highest BCUT2D eigenvalue weighted by atomic mass is 16.7. The molecule has 0 saturated carbocycles. The van der Waals surface area contributed by atoms with E-state index in [0.717, 1.165) is 11.1 Å². The molecule has 168 valence electrons. The molecule has 0 saturated heterocycles. The van der Waals surface area contributed by atoms with Crippen LogP contribution in [0.1, 0.15) is 69.6 Å². The standard InChI is InChI=1S/C24H32N2O5/c1-14(2)17-7-6-8-18(15(3)4)21(17)31-23(29)30-12-11-24(5,22(26)28)19-10-9-16(27)13-20(19)25/h6-10,13-15,27H,11-12,25H2,1-5H3,(H2,26,28)/t24-/m0/s1. The van der Waals surface area contributed by atoms with Crippen LogP contribution in [0.4, 0.5) is 10.5 Å². The second-order valence-corrected chi connectivity index (χ2v) is 8.49. The number of benzene rings is 2. The molecule has 1 amide bonds. The van der Waals surface area contributed by atoms with Gasteiger partial charge in [0.25, 0.3) is 0 Å². The third kappa shape index (κ3) is 5.48. The number of anilines is 1. The lowest BCUT2D eigenvalue weighted by Gasteiger charge is -2.27. The van der Waals surface area contributed by atoms with E-state index in [1.54, 1.807) is 13.0 Å². The lowest BCUT2D eigenvalue weighted by molar-refractivity contribution is -0.123. The summed E-state index contributed by atoms with van der Waals surface area (Å²) >= 11 is 0. The molecule has 0 spiro atoms.